The van der Waals surface area contributed by atoms with Crippen molar-refractivity contribution >= 4 is 26.7 Å². The Morgan fingerprint density at radius 1 is 1.50 bits per heavy atom. The summed E-state index contributed by atoms with van der Waals surface area (Å²) < 4.78 is 6.75. The number of ether oxygens (including phenoxy) is 1. The number of aromatic nitrogens is 1. The Morgan fingerprint density at radius 3 is 3.10 bits per heavy atom. The Bertz CT molecular complexity index is 696. The highest BCUT2D eigenvalue weighted by Gasteiger charge is 2.19. The monoisotopic (exact) mass is 287 g/mol. The summed E-state index contributed by atoms with van der Waals surface area (Å²) in [6.07, 6.45) is 0.932. The molecule has 3 rings (SSSR count). The van der Waals surface area contributed by atoms with Crippen LogP contribution in [0.4, 0.5) is 5.13 Å². The summed E-state index contributed by atoms with van der Waals surface area (Å²) in [4.78, 5) is 4.69. The maximum atomic E-state index is 5.95. The lowest BCUT2D eigenvalue weighted by molar-refractivity contribution is 0.357. The van der Waals surface area contributed by atoms with Crippen molar-refractivity contribution in [3.8, 4) is 17.6 Å². The van der Waals surface area contributed by atoms with Crippen LogP contribution in [0.15, 0.2) is 12.1 Å². The van der Waals surface area contributed by atoms with Crippen molar-refractivity contribution in [3.05, 3.63) is 17.7 Å². The molecule has 104 valence electrons. The molecule has 2 heterocycles. The molecule has 0 amide bonds. The molecule has 2 unspecified atom stereocenters. The van der Waals surface area contributed by atoms with Gasteiger partial charge in [-0.1, -0.05) is 17.3 Å². The predicted molar refractivity (Wildman–Crippen MR) is 83.3 cm³/mol. The number of hydrogen-bond acceptors (Lipinski definition) is 5. The second-order valence-electron chi connectivity index (χ2n) is 4.88. The zero-order chi connectivity index (χ0) is 14.1. The Morgan fingerprint density at radius 2 is 2.35 bits per heavy atom. The maximum Gasteiger partial charge on any atom is 0.184 e. The van der Waals surface area contributed by atoms with E-state index in [0.29, 0.717) is 0 Å². The van der Waals surface area contributed by atoms with Crippen LogP contribution in [0.25, 0.3) is 10.2 Å². The highest BCUT2D eigenvalue weighted by Crippen LogP contribution is 2.36. The van der Waals surface area contributed by atoms with Crippen LogP contribution in [0.2, 0.25) is 0 Å². The number of anilines is 1. The van der Waals surface area contributed by atoms with E-state index in [1.165, 1.54) is 10.3 Å². The second kappa shape index (κ2) is 5.31. The molecule has 0 aliphatic carbocycles. The molecular weight excluding hydrogens is 270 g/mol. The third-order valence-corrected chi connectivity index (χ3v) is 4.29. The molecule has 2 atom stereocenters. The van der Waals surface area contributed by atoms with Crippen LogP contribution in [0.3, 0.4) is 0 Å². The van der Waals surface area contributed by atoms with E-state index >= 15 is 0 Å². The summed E-state index contributed by atoms with van der Waals surface area (Å²) in [7, 11) is 0. The Hall–Kier alpha value is -1.77. The topological polar surface area (TPSA) is 60.2 Å². The van der Waals surface area contributed by atoms with Gasteiger partial charge < -0.3 is 15.8 Å². The highest BCUT2D eigenvalue weighted by molar-refractivity contribution is 7.22. The minimum Gasteiger partial charge on any atom is -0.493 e. The molecule has 4 nitrogen and oxygen atoms in total. The molecule has 1 aromatic heterocycles. The molecule has 0 bridgehead atoms. The third-order valence-electron chi connectivity index (χ3n) is 3.34. The van der Waals surface area contributed by atoms with Gasteiger partial charge in [0.05, 0.1) is 16.8 Å². The van der Waals surface area contributed by atoms with Gasteiger partial charge in [-0.15, -0.1) is 5.92 Å². The zero-order valence-corrected chi connectivity index (χ0v) is 12.4. The van der Waals surface area contributed by atoms with Crippen molar-refractivity contribution in [2.24, 2.45) is 5.73 Å². The molecule has 1 aliphatic rings. The van der Waals surface area contributed by atoms with Crippen LogP contribution >= 0.6 is 11.3 Å². The van der Waals surface area contributed by atoms with Gasteiger partial charge in [0, 0.05) is 18.0 Å². The molecule has 2 aromatic rings. The van der Waals surface area contributed by atoms with Gasteiger partial charge in [-0.3, -0.25) is 0 Å². The Kier molecular flexibility index (Phi) is 3.51. The third kappa shape index (κ3) is 2.33. The zero-order valence-electron chi connectivity index (χ0n) is 11.6. The Balaban J connectivity index is 1.95. The van der Waals surface area contributed by atoms with Gasteiger partial charge in [0.2, 0.25) is 0 Å². The molecule has 0 fully saturated rings. The van der Waals surface area contributed by atoms with Gasteiger partial charge in [0.15, 0.2) is 5.13 Å². The molecule has 20 heavy (non-hydrogen) atoms. The van der Waals surface area contributed by atoms with E-state index in [0.717, 1.165) is 29.4 Å². The van der Waals surface area contributed by atoms with Gasteiger partial charge >= 0.3 is 0 Å². The number of rotatable bonds is 3. The number of nitrogens with one attached hydrogen (secondary N) is 1. The molecule has 0 saturated carbocycles. The van der Waals surface area contributed by atoms with E-state index in [9.17, 15) is 0 Å². The lowest BCUT2D eigenvalue weighted by Crippen LogP contribution is -2.36. The molecule has 0 saturated heterocycles. The average Bonchev–Trinajstić information content (AvgIpc) is 3.02. The number of nitrogens with zero attached hydrogens (tertiary/aromatic N) is 1. The molecular formula is C15H17N3OS. The van der Waals surface area contributed by atoms with E-state index in [2.05, 4.69) is 23.2 Å². The molecule has 0 radical (unpaired) electrons. The van der Waals surface area contributed by atoms with Crippen LogP contribution in [0.5, 0.6) is 5.75 Å². The van der Waals surface area contributed by atoms with Gasteiger partial charge in [-0.05, 0) is 26.0 Å². The number of hydrogen-bond donors (Lipinski definition) is 2. The van der Waals surface area contributed by atoms with E-state index < -0.39 is 0 Å². The molecule has 5 heteroatoms. The van der Waals surface area contributed by atoms with Crippen LogP contribution in [-0.2, 0) is 6.42 Å². The van der Waals surface area contributed by atoms with Crippen LogP contribution in [0.1, 0.15) is 19.4 Å². The van der Waals surface area contributed by atoms with Crippen LogP contribution < -0.4 is 15.8 Å². The van der Waals surface area contributed by atoms with E-state index in [1.54, 1.807) is 11.3 Å². The van der Waals surface area contributed by atoms with E-state index in [-0.39, 0.29) is 12.1 Å². The largest absolute Gasteiger partial charge is 0.493 e. The van der Waals surface area contributed by atoms with Gasteiger partial charge in [-0.2, -0.15) is 0 Å². The number of nitrogens with two attached hydrogens (primary N) is 1. The fourth-order valence-corrected chi connectivity index (χ4v) is 3.25. The quantitative estimate of drug-likeness (QED) is 0.851. The summed E-state index contributed by atoms with van der Waals surface area (Å²) in [6, 6.07) is 3.96. The SMILES string of the molecule is CC#CC(Nc1nc2c3c(ccc2s1)OCC3)C(C)N. The predicted octanol–water partition coefficient (Wildman–Crippen LogP) is 2.38. The first-order valence-corrected chi connectivity index (χ1v) is 7.50. The van der Waals surface area contributed by atoms with E-state index in [1.807, 2.05) is 19.9 Å². The summed E-state index contributed by atoms with van der Waals surface area (Å²) in [5.41, 5.74) is 8.20. The first-order chi connectivity index (χ1) is 9.69. The van der Waals surface area contributed by atoms with Crippen molar-refractivity contribution < 1.29 is 4.74 Å². The van der Waals surface area contributed by atoms with Crippen molar-refractivity contribution in [2.45, 2.75) is 32.4 Å². The average molecular weight is 287 g/mol. The number of fused-ring (bicyclic) bond motifs is 3. The van der Waals surface area contributed by atoms with Crippen molar-refractivity contribution in [3.63, 3.8) is 0 Å². The fraction of sp³-hybridized carbons (Fsp3) is 0.400. The van der Waals surface area contributed by atoms with Crippen LogP contribution in [-0.4, -0.2) is 23.7 Å². The van der Waals surface area contributed by atoms with Crippen molar-refractivity contribution in [1.82, 2.24) is 4.98 Å². The number of thiazole rings is 1. The first-order valence-electron chi connectivity index (χ1n) is 6.68. The maximum absolute atomic E-state index is 5.95. The van der Waals surface area contributed by atoms with Crippen molar-refractivity contribution in [1.29, 1.82) is 0 Å². The molecule has 3 N–H and O–H groups in total. The lowest BCUT2D eigenvalue weighted by atomic mass is 10.1. The van der Waals surface area contributed by atoms with E-state index in [4.69, 9.17) is 15.5 Å². The second-order valence-corrected chi connectivity index (χ2v) is 5.91. The fourth-order valence-electron chi connectivity index (χ4n) is 2.32. The Labute approximate surface area is 122 Å². The highest BCUT2D eigenvalue weighted by atomic mass is 32.1. The van der Waals surface area contributed by atoms with Crippen molar-refractivity contribution in [2.75, 3.05) is 11.9 Å². The molecule has 1 aromatic carbocycles. The minimum atomic E-state index is -0.0788. The first kappa shape index (κ1) is 13.2. The smallest absolute Gasteiger partial charge is 0.184 e. The molecule has 1 aliphatic heterocycles. The number of benzene rings is 1. The van der Waals surface area contributed by atoms with Crippen LogP contribution in [0, 0.1) is 11.8 Å². The summed E-state index contributed by atoms with van der Waals surface area (Å²) in [6.45, 7) is 4.51. The van der Waals surface area contributed by atoms with Gasteiger partial charge in [0.1, 0.15) is 11.8 Å². The minimum absolute atomic E-state index is 0.0523. The van der Waals surface area contributed by atoms with Gasteiger partial charge in [0.25, 0.3) is 0 Å². The normalized spacial score (nSPS) is 15.9. The standard InChI is InChI=1S/C15H17N3OS/c1-3-4-11(9(2)16)17-15-18-14-10-7-8-19-12(10)5-6-13(14)20-15/h5-6,9,11H,7-8,16H2,1-2H3,(H,17,18). The molecule has 0 spiro atoms. The summed E-state index contributed by atoms with van der Waals surface area (Å²) >= 11 is 1.63. The summed E-state index contributed by atoms with van der Waals surface area (Å²) in [5, 5.41) is 4.19. The summed E-state index contributed by atoms with van der Waals surface area (Å²) in [5.74, 6) is 6.96. The lowest BCUT2D eigenvalue weighted by Gasteiger charge is -2.15. The van der Waals surface area contributed by atoms with Gasteiger partial charge in [-0.25, -0.2) is 4.98 Å².